The Balaban J connectivity index is 2.14. The SMILES string of the molecule is N#Cc1cccc(C[C@@H](NC(=O)c2cccc(Br)c2)C(N)=O)c1. The average Bonchev–Trinajstić information content (AvgIpc) is 2.54. The molecule has 23 heavy (non-hydrogen) atoms. The average molecular weight is 372 g/mol. The van der Waals surface area contributed by atoms with Gasteiger partial charge in [0.05, 0.1) is 11.6 Å². The van der Waals surface area contributed by atoms with Crippen molar-refractivity contribution >= 4 is 27.7 Å². The Morgan fingerprint density at radius 2 is 1.96 bits per heavy atom. The molecular weight excluding hydrogens is 358 g/mol. The fourth-order valence-electron chi connectivity index (χ4n) is 2.10. The van der Waals surface area contributed by atoms with Crippen molar-refractivity contribution in [3.05, 3.63) is 69.7 Å². The van der Waals surface area contributed by atoms with Gasteiger partial charge in [0.2, 0.25) is 5.91 Å². The highest BCUT2D eigenvalue weighted by Crippen LogP contribution is 2.12. The molecule has 2 amide bonds. The summed E-state index contributed by atoms with van der Waals surface area (Å²) in [5, 5.41) is 11.5. The number of halogens is 1. The molecule has 0 aliphatic heterocycles. The van der Waals surface area contributed by atoms with Gasteiger partial charge in [0.1, 0.15) is 6.04 Å². The first-order valence-corrected chi connectivity index (χ1v) is 7.63. The Bertz CT molecular complexity index is 783. The second-order valence-electron chi connectivity index (χ2n) is 4.96. The summed E-state index contributed by atoms with van der Waals surface area (Å²) in [6.07, 6.45) is 0.227. The van der Waals surface area contributed by atoms with Crippen LogP contribution in [0.5, 0.6) is 0 Å². The number of primary amides is 1. The quantitative estimate of drug-likeness (QED) is 0.842. The van der Waals surface area contributed by atoms with Crippen molar-refractivity contribution in [2.75, 3.05) is 0 Å². The predicted octanol–water partition coefficient (Wildman–Crippen LogP) is 2.15. The molecule has 0 radical (unpaired) electrons. The largest absolute Gasteiger partial charge is 0.368 e. The van der Waals surface area contributed by atoms with Gasteiger partial charge in [-0.25, -0.2) is 0 Å². The standard InChI is InChI=1S/C17H14BrN3O2/c18-14-6-2-5-13(9-14)17(23)21-15(16(20)22)8-11-3-1-4-12(7-11)10-19/h1-7,9,15H,8H2,(H2,20,22)(H,21,23)/t15-/m1/s1. The highest BCUT2D eigenvalue weighted by atomic mass is 79.9. The van der Waals surface area contributed by atoms with Gasteiger partial charge in [0.15, 0.2) is 0 Å². The van der Waals surface area contributed by atoms with E-state index < -0.39 is 11.9 Å². The van der Waals surface area contributed by atoms with E-state index in [4.69, 9.17) is 11.0 Å². The Labute approximate surface area is 142 Å². The molecule has 3 N–H and O–H groups in total. The molecule has 0 saturated carbocycles. The first-order chi connectivity index (χ1) is 11.0. The molecule has 2 aromatic rings. The third-order valence-electron chi connectivity index (χ3n) is 3.23. The Hall–Kier alpha value is -2.65. The Morgan fingerprint density at radius 1 is 1.22 bits per heavy atom. The minimum atomic E-state index is -0.851. The van der Waals surface area contributed by atoms with E-state index in [1.807, 2.05) is 6.07 Å². The smallest absolute Gasteiger partial charge is 0.251 e. The van der Waals surface area contributed by atoms with Crippen molar-refractivity contribution in [3.63, 3.8) is 0 Å². The van der Waals surface area contributed by atoms with E-state index in [0.29, 0.717) is 11.1 Å². The molecule has 0 saturated heterocycles. The lowest BCUT2D eigenvalue weighted by molar-refractivity contribution is -0.119. The molecule has 0 heterocycles. The van der Waals surface area contributed by atoms with E-state index in [0.717, 1.165) is 10.0 Å². The lowest BCUT2D eigenvalue weighted by Crippen LogP contribution is -2.45. The van der Waals surface area contributed by atoms with Crippen molar-refractivity contribution in [1.82, 2.24) is 5.32 Å². The number of carbonyl (C=O) groups excluding carboxylic acids is 2. The highest BCUT2D eigenvalue weighted by molar-refractivity contribution is 9.10. The number of rotatable bonds is 5. The zero-order chi connectivity index (χ0) is 16.8. The van der Waals surface area contributed by atoms with Crippen molar-refractivity contribution < 1.29 is 9.59 Å². The number of nitriles is 1. The van der Waals surface area contributed by atoms with Gasteiger partial charge >= 0.3 is 0 Å². The summed E-state index contributed by atoms with van der Waals surface area (Å²) in [4.78, 5) is 23.9. The van der Waals surface area contributed by atoms with Crippen LogP contribution >= 0.6 is 15.9 Å². The minimum Gasteiger partial charge on any atom is -0.368 e. The second-order valence-corrected chi connectivity index (χ2v) is 5.87. The molecule has 1 atom stereocenters. The summed E-state index contributed by atoms with van der Waals surface area (Å²) >= 11 is 3.29. The molecule has 0 bridgehead atoms. The first-order valence-electron chi connectivity index (χ1n) is 6.84. The van der Waals surface area contributed by atoms with Gasteiger partial charge in [0.25, 0.3) is 5.91 Å². The van der Waals surface area contributed by atoms with Crippen LogP contribution < -0.4 is 11.1 Å². The van der Waals surface area contributed by atoms with Crippen molar-refractivity contribution in [2.45, 2.75) is 12.5 Å². The van der Waals surface area contributed by atoms with Gasteiger partial charge in [-0.1, -0.05) is 34.1 Å². The molecule has 0 fully saturated rings. The Morgan fingerprint density at radius 3 is 2.61 bits per heavy atom. The lowest BCUT2D eigenvalue weighted by atomic mass is 10.0. The maximum absolute atomic E-state index is 12.2. The molecule has 0 aromatic heterocycles. The lowest BCUT2D eigenvalue weighted by Gasteiger charge is -2.16. The van der Waals surface area contributed by atoms with E-state index in [-0.39, 0.29) is 12.3 Å². The zero-order valence-electron chi connectivity index (χ0n) is 12.1. The predicted molar refractivity (Wildman–Crippen MR) is 89.5 cm³/mol. The van der Waals surface area contributed by atoms with Crippen LogP contribution in [0.2, 0.25) is 0 Å². The van der Waals surface area contributed by atoms with Crippen molar-refractivity contribution in [3.8, 4) is 6.07 Å². The maximum atomic E-state index is 12.2. The summed E-state index contributed by atoms with van der Waals surface area (Å²) in [7, 11) is 0. The number of carbonyl (C=O) groups is 2. The molecule has 0 aliphatic carbocycles. The van der Waals surface area contributed by atoms with Gasteiger partial charge in [0, 0.05) is 16.5 Å². The summed E-state index contributed by atoms with van der Waals surface area (Å²) in [5.74, 6) is -1.01. The van der Waals surface area contributed by atoms with Gasteiger partial charge in [-0.2, -0.15) is 5.26 Å². The third-order valence-corrected chi connectivity index (χ3v) is 3.72. The molecule has 0 aliphatic rings. The van der Waals surface area contributed by atoms with Gasteiger partial charge in [-0.3, -0.25) is 9.59 Å². The number of hydrogen-bond donors (Lipinski definition) is 2. The third kappa shape index (κ3) is 4.66. The van der Waals surface area contributed by atoms with Crippen molar-refractivity contribution in [1.29, 1.82) is 5.26 Å². The summed E-state index contributed by atoms with van der Waals surface area (Å²) in [6.45, 7) is 0. The molecule has 2 aromatic carbocycles. The molecule has 6 heteroatoms. The van der Waals surface area contributed by atoms with Crippen LogP contribution in [-0.2, 0) is 11.2 Å². The summed E-state index contributed by atoms with van der Waals surface area (Å²) < 4.78 is 0.766. The number of hydrogen-bond acceptors (Lipinski definition) is 3. The molecule has 116 valence electrons. The van der Waals surface area contributed by atoms with Gasteiger partial charge in [-0.05, 0) is 35.9 Å². The van der Waals surface area contributed by atoms with Crippen LogP contribution in [0.3, 0.4) is 0 Å². The molecular formula is C17H14BrN3O2. The minimum absolute atomic E-state index is 0.227. The molecule has 0 spiro atoms. The number of amides is 2. The fourth-order valence-corrected chi connectivity index (χ4v) is 2.50. The second kappa shape index (κ2) is 7.56. The Kier molecular flexibility index (Phi) is 5.50. The van der Waals surface area contributed by atoms with Crippen LogP contribution in [-0.4, -0.2) is 17.9 Å². The van der Waals surface area contributed by atoms with Crippen LogP contribution in [0, 0.1) is 11.3 Å². The van der Waals surface area contributed by atoms with E-state index in [2.05, 4.69) is 21.2 Å². The number of benzene rings is 2. The van der Waals surface area contributed by atoms with Crippen LogP contribution in [0.1, 0.15) is 21.5 Å². The zero-order valence-corrected chi connectivity index (χ0v) is 13.7. The number of nitrogens with zero attached hydrogens (tertiary/aromatic N) is 1. The monoisotopic (exact) mass is 371 g/mol. The molecule has 5 nitrogen and oxygen atoms in total. The summed E-state index contributed by atoms with van der Waals surface area (Å²) in [5.41, 5.74) is 7.05. The van der Waals surface area contributed by atoms with E-state index in [1.165, 1.54) is 0 Å². The highest BCUT2D eigenvalue weighted by Gasteiger charge is 2.19. The normalized spacial score (nSPS) is 11.3. The summed E-state index contributed by atoms with van der Waals surface area (Å²) in [6, 6.07) is 14.9. The maximum Gasteiger partial charge on any atom is 0.251 e. The first kappa shape index (κ1) is 16.7. The fraction of sp³-hybridized carbons (Fsp3) is 0.118. The van der Waals surface area contributed by atoms with Crippen molar-refractivity contribution in [2.24, 2.45) is 5.73 Å². The van der Waals surface area contributed by atoms with Gasteiger partial charge < -0.3 is 11.1 Å². The van der Waals surface area contributed by atoms with Crippen LogP contribution in [0.4, 0.5) is 0 Å². The van der Waals surface area contributed by atoms with E-state index in [9.17, 15) is 9.59 Å². The topological polar surface area (TPSA) is 96.0 Å². The molecule has 0 unspecified atom stereocenters. The van der Waals surface area contributed by atoms with Gasteiger partial charge in [-0.15, -0.1) is 0 Å². The van der Waals surface area contributed by atoms with E-state index in [1.54, 1.807) is 48.5 Å². The van der Waals surface area contributed by atoms with E-state index >= 15 is 0 Å². The van der Waals surface area contributed by atoms with Crippen LogP contribution in [0.15, 0.2) is 53.0 Å². The molecule has 2 rings (SSSR count). The van der Waals surface area contributed by atoms with Crippen LogP contribution in [0.25, 0.3) is 0 Å². The number of nitrogens with one attached hydrogen (secondary N) is 1. The number of nitrogens with two attached hydrogens (primary N) is 1.